The zero-order valence-electron chi connectivity index (χ0n) is 18.5. The largest absolute Gasteiger partial charge is 0.495 e. The Hall–Kier alpha value is -3.52. The van der Waals surface area contributed by atoms with E-state index in [1.807, 2.05) is 31.2 Å². The maximum Gasteiger partial charge on any atom is 0.280 e. The van der Waals surface area contributed by atoms with Gasteiger partial charge in [-0.2, -0.15) is 18.4 Å². The van der Waals surface area contributed by atoms with E-state index in [4.69, 9.17) is 14.2 Å². The van der Waals surface area contributed by atoms with E-state index in [0.717, 1.165) is 11.1 Å². The number of ether oxygens (including phenoxy) is 3. The molecule has 7 nitrogen and oxygen atoms in total. The van der Waals surface area contributed by atoms with Gasteiger partial charge in [0.05, 0.1) is 20.4 Å². The summed E-state index contributed by atoms with van der Waals surface area (Å²) < 4.78 is 41.7. The normalized spacial score (nSPS) is 11.4. The van der Waals surface area contributed by atoms with Gasteiger partial charge in [0.1, 0.15) is 17.3 Å². The van der Waals surface area contributed by atoms with Crippen LogP contribution in [0.5, 0.6) is 17.2 Å². The van der Waals surface area contributed by atoms with Crippen molar-refractivity contribution in [1.29, 1.82) is 0 Å². The molecule has 0 aliphatic rings. The third-order valence-electron chi connectivity index (χ3n) is 4.70. The fourth-order valence-electron chi connectivity index (χ4n) is 2.94. The van der Waals surface area contributed by atoms with Crippen LogP contribution in [0.2, 0.25) is 0 Å². The standard InChI is InChI=1S/C24H26N2O5S/c1-17-5-8-19(9-6-17)16-31-21-12-10-20(14-23(21)30-4)15-25-26-32(27,28)24-13-18(2)7-11-22(24)29-3/h5-15,26H,16H2,1-4H3/b25-15+. The van der Waals surface area contributed by atoms with Crippen molar-refractivity contribution < 1.29 is 22.6 Å². The molecule has 0 atom stereocenters. The molecule has 0 aromatic heterocycles. The zero-order valence-corrected chi connectivity index (χ0v) is 19.3. The number of benzene rings is 3. The molecule has 168 valence electrons. The number of sulfonamides is 1. The summed E-state index contributed by atoms with van der Waals surface area (Å²) in [6.07, 6.45) is 1.39. The van der Waals surface area contributed by atoms with Crippen molar-refractivity contribution in [2.24, 2.45) is 5.10 Å². The van der Waals surface area contributed by atoms with E-state index in [1.54, 1.807) is 44.4 Å². The van der Waals surface area contributed by atoms with Crippen LogP contribution in [0, 0.1) is 13.8 Å². The molecule has 0 amide bonds. The van der Waals surface area contributed by atoms with Gasteiger partial charge >= 0.3 is 0 Å². The van der Waals surface area contributed by atoms with Crippen molar-refractivity contribution in [3.8, 4) is 17.2 Å². The molecule has 3 aromatic rings. The van der Waals surface area contributed by atoms with Crippen LogP contribution in [-0.4, -0.2) is 28.9 Å². The lowest BCUT2D eigenvalue weighted by molar-refractivity contribution is 0.284. The van der Waals surface area contributed by atoms with Gasteiger partial charge < -0.3 is 14.2 Å². The number of nitrogens with zero attached hydrogens (tertiary/aromatic N) is 1. The third-order valence-corrected chi connectivity index (χ3v) is 5.94. The van der Waals surface area contributed by atoms with Gasteiger partial charge in [-0.25, -0.2) is 0 Å². The Labute approximate surface area is 188 Å². The minimum Gasteiger partial charge on any atom is -0.495 e. The van der Waals surface area contributed by atoms with Crippen molar-refractivity contribution in [3.63, 3.8) is 0 Å². The topological polar surface area (TPSA) is 86.2 Å². The Morgan fingerprint density at radius 3 is 2.19 bits per heavy atom. The Morgan fingerprint density at radius 1 is 0.844 bits per heavy atom. The molecule has 0 saturated carbocycles. The molecule has 0 spiro atoms. The molecule has 8 heteroatoms. The first kappa shape index (κ1) is 23.1. The van der Waals surface area contributed by atoms with Crippen LogP contribution < -0.4 is 19.0 Å². The smallest absolute Gasteiger partial charge is 0.280 e. The highest BCUT2D eigenvalue weighted by Gasteiger charge is 2.19. The van der Waals surface area contributed by atoms with Crippen LogP contribution in [0.3, 0.4) is 0 Å². The summed E-state index contributed by atoms with van der Waals surface area (Å²) in [7, 11) is -0.929. The van der Waals surface area contributed by atoms with Gasteiger partial charge in [0.15, 0.2) is 11.5 Å². The average molecular weight is 455 g/mol. The first-order valence-electron chi connectivity index (χ1n) is 9.88. The molecule has 0 bridgehead atoms. The van der Waals surface area contributed by atoms with Crippen molar-refractivity contribution in [3.05, 3.63) is 82.9 Å². The van der Waals surface area contributed by atoms with E-state index in [2.05, 4.69) is 9.93 Å². The second-order valence-corrected chi connectivity index (χ2v) is 8.82. The summed E-state index contributed by atoms with van der Waals surface area (Å²) in [6.45, 7) is 4.24. The lowest BCUT2D eigenvalue weighted by Crippen LogP contribution is -2.19. The molecule has 0 saturated heterocycles. The molecule has 3 rings (SSSR count). The summed E-state index contributed by atoms with van der Waals surface area (Å²) >= 11 is 0. The first-order chi connectivity index (χ1) is 15.3. The second-order valence-electron chi connectivity index (χ2n) is 7.19. The third kappa shape index (κ3) is 5.79. The zero-order chi connectivity index (χ0) is 23.1. The number of hydrogen-bond acceptors (Lipinski definition) is 6. The predicted octanol–water partition coefficient (Wildman–Crippen LogP) is 4.21. The molecule has 0 heterocycles. The molecule has 0 aliphatic heterocycles. The Balaban J connectivity index is 1.70. The fraction of sp³-hybridized carbons (Fsp3) is 0.208. The van der Waals surface area contributed by atoms with Crippen molar-refractivity contribution in [2.45, 2.75) is 25.3 Å². The summed E-state index contributed by atoms with van der Waals surface area (Å²) in [5.74, 6) is 1.34. The lowest BCUT2D eigenvalue weighted by Gasteiger charge is -2.12. The van der Waals surface area contributed by atoms with Gasteiger partial charge in [0, 0.05) is 0 Å². The molecule has 0 unspecified atom stereocenters. The predicted molar refractivity (Wildman–Crippen MR) is 124 cm³/mol. The summed E-state index contributed by atoms with van der Waals surface area (Å²) in [4.78, 5) is 2.24. The fourth-order valence-corrected chi connectivity index (χ4v) is 3.99. The average Bonchev–Trinajstić information content (AvgIpc) is 2.79. The molecule has 0 radical (unpaired) electrons. The van der Waals surface area contributed by atoms with E-state index < -0.39 is 10.0 Å². The van der Waals surface area contributed by atoms with E-state index >= 15 is 0 Å². The number of hydrazone groups is 1. The van der Waals surface area contributed by atoms with Crippen LogP contribution in [-0.2, 0) is 16.6 Å². The van der Waals surface area contributed by atoms with Crippen LogP contribution in [0.15, 0.2) is 70.7 Å². The summed E-state index contributed by atoms with van der Waals surface area (Å²) in [5.41, 5.74) is 3.67. The Kier molecular flexibility index (Phi) is 7.37. The monoisotopic (exact) mass is 454 g/mol. The highest BCUT2D eigenvalue weighted by molar-refractivity contribution is 7.89. The van der Waals surface area contributed by atoms with Crippen molar-refractivity contribution in [2.75, 3.05) is 14.2 Å². The molecule has 1 N–H and O–H groups in total. The molecule has 0 aliphatic carbocycles. The van der Waals surface area contributed by atoms with E-state index in [9.17, 15) is 8.42 Å². The minimum atomic E-state index is -3.89. The number of rotatable bonds is 9. The maximum atomic E-state index is 12.6. The SMILES string of the molecule is COc1cc(/C=N/NS(=O)(=O)c2cc(C)ccc2OC)ccc1OCc1ccc(C)cc1. The van der Waals surface area contributed by atoms with Gasteiger partial charge in [-0.05, 0) is 60.9 Å². The molecular formula is C24H26N2O5S. The number of nitrogens with one attached hydrogen (secondary N) is 1. The van der Waals surface area contributed by atoms with Gasteiger partial charge in [0.25, 0.3) is 10.0 Å². The minimum absolute atomic E-state index is 0.0228. The number of hydrogen-bond donors (Lipinski definition) is 1. The van der Waals surface area contributed by atoms with E-state index in [-0.39, 0.29) is 10.6 Å². The van der Waals surface area contributed by atoms with Gasteiger partial charge in [-0.3, -0.25) is 0 Å². The van der Waals surface area contributed by atoms with Crippen LogP contribution in [0.25, 0.3) is 0 Å². The Morgan fingerprint density at radius 2 is 1.50 bits per heavy atom. The van der Waals surface area contributed by atoms with E-state index in [1.165, 1.54) is 25.0 Å². The Bertz CT molecular complexity index is 1210. The second kappa shape index (κ2) is 10.2. The van der Waals surface area contributed by atoms with Gasteiger partial charge in [0.2, 0.25) is 0 Å². The van der Waals surface area contributed by atoms with Crippen molar-refractivity contribution in [1.82, 2.24) is 4.83 Å². The molecule has 3 aromatic carbocycles. The van der Waals surface area contributed by atoms with Crippen molar-refractivity contribution >= 4 is 16.2 Å². The summed E-state index contributed by atoms with van der Waals surface area (Å²) in [5, 5.41) is 3.89. The highest BCUT2D eigenvalue weighted by Crippen LogP contribution is 2.28. The van der Waals surface area contributed by atoms with Crippen LogP contribution in [0.4, 0.5) is 0 Å². The molecule has 0 fully saturated rings. The molecular weight excluding hydrogens is 428 g/mol. The van der Waals surface area contributed by atoms with Gasteiger partial charge in [-0.15, -0.1) is 0 Å². The van der Waals surface area contributed by atoms with Gasteiger partial charge in [-0.1, -0.05) is 35.9 Å². The summed E-state index contributed by atoms with van der Waals surface area (Å²) in [6, 6.07) is 18.2. The van der Waals surface area contributed by atoms with Crippen LogP contribution >= 0.6 is 0 Å². The first-order valence-corrected chi connectivity index (χ1v) is 11.4. The quantitative estimate of drug-likeness (QED) is 0.387. The highest BCUT2D eigenvalue weighted by atomic mass is 32.2. The number of methoxy groups -OCH3 is 2. The number of aryl methyl sites for hydroxylation is 2. The molecule has 32 heavy (non-hydrogen) atoms. The lowest BCUT2D eigenvalue weighted by atomic mass is 10.2. The van der Waals surface area contributed by atoms with E-state index in [0.29, 0.717) is 23.7 Å². The maximum absolute atomic E-state index is 12.6. The van der Waals surface area contributed by atoms with Crippen LogP contribution in [0.1, 0.15) is 22.3 Å².